The van der Waals surface area contributed by atoms with Crippen LogP contribution in [-0.2, 0) is 19.6 Å². The summed E-state index contributed by atoms with van der Waals surface area (Å²) in [7, 11) is 0. The van der Waals surface area contributed by atoms with Crippen molar-refractivity contribution in [1.82, 2.24) is 29.2 Å². The molecule has 3 heterocycles. The molecule has 1 saturated heterocycles. The quantitative estimate of drug-likeness (QED) is 0.723. The van der Waals surface area contributed by atoms with E-state index in [2.05, 4.69) is 27.0 Å². The lowest BCUT2D eigenvalue weighted by atomic mass is 9.97. The Bertz CT molecular complexity index is 933. The summed E-state index contributed by atoms with van der Waals surface area (Å²) in [6.07, 6.45) is 5.80. The first-order valence-corrected chi connectivity index (χ1v) is 9.68. The molecule has 3 aromatic rings. The molecule has 1 N–H and O–H groups in total. The fourth-order valence-electron chi connectivity index (χ4n) is 3.79. The molecule has 2 aromatic heterocycles. The number of imidazole rings is 1. The number of nitrogens with zero attached hydrogens (tertiary/aromatic N) is 5. The van der Waals surface area contributed by atoms with Crippen LogP contribution in [0.25, 0.3) is 0 Å². The third-order valence-corrected chi connectivity index (χ3v) is 5.26. The van der Waals surface area contributed by atoms with E-state index in [1.54, 1.807) is 10.9 Å². The van der Waals surface area contributed by atoms with E-state index < -0.39 is 0 Å². The van der Waals surface area contributed by atoms with E-state index in [1.807, 2.05) is 35.9 Å². The maximum Gasteiger partial charge on any atom is 0.346 e. The van der Waals surface area contributed by atoms with Gasteiger partial charge in [-0.1, -0.05) is 30.3 Å². The smallest absolute Gasteiger partial charge is 0.329 e. The minimum atomic E-state index is -0.0414. The summed E-state index contributed by atoms with van der Waals surface area (Å²) < 4.78 is 5.47. The van der Waals surface area contributed by atoms with Gasteiger partial charge in [0.1, 0.15) is 18.2 Å². The Morgan fingerprint density at radius 3 is 2.67 bits per heavy atom. The molecule has 4 rings (SSSR count). The maximum absolute atomic E-state index is 12.9. The second-order valence-electron chi connectivity index (χ2n) is 7.02. The van der Waals surface area contributed by atoms with E-state index in [9.17, 15) is 4.79 Å². The van der Waals surface area contributed by atoms with Crippen molar-refractivity contribution in [3.63, 3.8) is 0 Å². The van der Waals surface area contributed by atoms with Gasteiger partial charge in [0.05, 0.1) is 0 Å². The number of rotatable bonds is 6. The minimum Gasteiger partial charge on any atom is -0.329 e. The Balaban J connectivity index is 1.59. The predicted octanol–water partition coefficient (Wildman–Crippen LogP) is 1.82. The van der Waals surface area contributed by atoms with Gasteiger partial charge in [0.25, 0.3) is 0 Å². The van der Waals surface area contributed by atoms with Crippen LogP contribution in [-0.4, -0.2) is 37.0 Å². The summed E-state index contributed by atoms with van der Waals surface area (Å²) >= 11 is 0. The second-order valence-corrected chi connectivity index (χ2v) is 7.02. The zero-order valence-corrected chi connectivity index (χ0v) is 15.7. The van der Waals surface area contributed by atoms with Crippen molar-refractivity contribution in [3.05, 3.63) is 70.4 Å². The molecule has 7 nitrogen and oxygen atoms in total. The summed E-state index contributed by atoms with van der Waals surface area (Å²) in [5, 5.41) is 8.09. The molecule has 1 aliphatic heterocycles. The summed E-state index contributed by atoms with van der Waals surface area (Å²) in [5.41, 5.74) is 1.17. The second kappa shape index (κ2) is 7.92. The number of piperidine rings is 1. The highest BCUT2D eigenvalue weighted by molar-refractivity contribution is 5.16. The van der Waals surface area contributed by atoms with Crippen molar-refractivity contribution in [2.75, 3.05) is 13.1 Å². The van der Waals surface area contributed by atoms with E-state index in [0.29, 0.717) is 19.0 Å². The van der Waals surface area contributed by atoms with Crippen molar-refractivity contribution in [1.29, 1.82) is 0 Å². The van der Waals surface area contributed by atoms with E-state index in [1.165, 1.54) is 5.56 Å². The fraction of sp³-hybridized carbons (Fsp3) is 0.450. The van der Waals surface area contributed by atoms with E-state index >= 15 is 0 Å². The highest BCUT2D eigenvalue weighted by Gasteiger charge is 2.23. The topological polar surface area (TPSA) is 69.7 Å². The highest BCUT2D eigenvalue weighted by Crippen LogP contribution is 2.22. The van der Waals surface area contributed by atoms with E-state index in [0.717, 1.165) is 44.1 Å². The normalized spacial score (nSPS) is 15.3. The molecule has 1 fully saturated rings. The van der Waals surface area contributed by atoms with Crippen molar-refractivity contribution in [3.8, 4) is 0 Å². The largest absolute Gasteiger partial charge is 0.346 e. The van der Waals surface area contributed by atoms with E-state index in [-0.39, 0.29) is 5.69 Å². The molecule has 1 aliphatic rings. The van der Waals surface area contributed by atoms with Gasteiger partial charge in [0.15, 0.2) is 0 Å². The van der Waals surface area contributed by atoms with Crippen LogP contribution in [0, 0.1) is 0 Å². The molecule has 0 atom stereocenters. The van der Waals surface area contributed by atoms with Gasteiger partial charge in [0, 0.05) is 31.4 Å². The van der Waals surface area contributed by atoms with Crippen LogP contribution in [0.3, 0.4) is 0 Å². The molecular weight excluding hydrogens is 340 g/mol. The van der Waals surface area contributed by atoms with Gasteiger partial charge in [-0.3, -0.25) is 4.57 Å². The molecule has 1 aromatic carbocycles. The Hall–Kier alpha value is -2.67. The van der Waals surface area contributed by atoms with Crippen LogP contribution in [0.15, 0.2) is 47.5 Å². The Morgan fingerprint density at radius 1 is 1.15 bits per heavy atom. The molecule has 0 saturated carbocycles. The standard InChI is InChI=1S/C20H26N6O/c1-2-25-19(17-8-10-21-11-9-17)23-26(20(25)27)15-18-22-12-13-24(18)14-16-6-4-3-5-7-16/h3-7,12-13,17,21H,2,8-11,14-15H2,1H3. The first kappa shape index (κ1) is 17.7. The van der Waals surface area contributed by atoms with Crippen LogP contribution in [0.5, 0.6) is 0 Å². The fourth-order valence-corrected chi connectivity index (χ4v) is 3.79. The third-order valence-electron chi connectivity index (χ3n) is 5.26. The number of aromatic nitrogens is 5. The monoisotopic (exact) mass is 366 g/mol. The average molecular weight is 366 g/mol. The number of hydrogen-bond donors (Lipinski definition) is 1. The molecule has 0 bridgehead atoms. The van der Waals surface area contributed by atoms with Gasteiger partial charge in [0.2, 0.25) is 0 Å². The molecule has 0 aliphatic carbocycles. The van der Waals surface area contributed by atoms with Crippen LogP contribution < -0.4 is 11.0 Å². The lowest BCUT2D eigenvalue weighted by Gasteiger charge is -2.21. The van der Waals surface area contributed by atoms with Gasteiger partial charge in [-0.15, -0.1) is 0 Å². The molecule has 0 radical (unpaired) electrons. The summed E-state index contributed by atoms with van der Waals surface area (Å²) in [6.45, 7) is 5.75. The van der Waals surface area contributed by atoms with Gasteiger partial charge < -0.3 is 9.88 Å². The van der Waals surface area contributed by atoms with Crippen LogP contribution >= 0.6 is 0 Å². The zero-order chi connectivity index (χ0) is 18.6. The third kappa shape index (κ3) is 3.73. The van der Waals surface area contributed by atoms with Crippen molar-refractivity contribution in [2.45, 2.75) is 45.3 Å². The Morgan fingerprint density at radius 2 is 1.93 bits per heavy atom. The molecule has 0 amide bonds. The first-order valence-electron chi connectivity index (χ1n) is 9.68. The molecular formula is C20H26N6O. The van der Waals surface area contributed by atoms with Gasteiger partial charge >= 0.3 is 5.69 Å². The molecule has 0 spiro atoms. The van der Waals surface area contributed by atoms with Crippen LogP contribution in [0.4, 0.5) is 0 Å². The lowest BCUT2D eigenvalue weighted by molar-refractivity contribution is 0.429. The SMILES string of the molecule is CCn1c(C2CCNCC2)nn(Cc2nccn2Cc2ccccc2)c1=O. The Labute approximate surface area is 158 Å². The Kier molecular flexibility index (Phi) is 5.20. The molecule has 27 heavy (non-hydrogen) atoms. The van der Waals surface area contributed by atoms with Crippen molar-refractivity contribution >= 4 is 0 Å². The summed E-state index contributed by atoms with van der Waals surface area (Å²) in [5.74, 6) is 2.12. The minimum absolute atomic E-state index is 0.0414. The van der Waals surface area contributed by atoms with Crippen LogP contribution in [0.1, 0.15) is 42.9 Å². The molecule has 142 valence electrons. The number of benzene rings is 1. The van der Waals surface area contributed by atoms with Gasteiger partial charge in [-0.2, -0.15) is 5.10 Å². The van der Waals surface area contributed by atoms with Crippen LogP contribution in [0.2, 0.25) is 0 Å². The zero-order valence-electron chi connectivity index (χ0n) is 15.7. The van der Waals surface area contributed by atoms with Gasteiger partial charge in [-0.25, -0.2) is 14.5 Å². The predicted molar refractivity (Wildman–Crippen MR) is 104 cm³/mol. The van der Waals surface area contributed by atoms with Gasteiger partial charge in [-0.05, 0) is 38.4 Å². The molecule has 7 heteroatoms. The average Bonchev–Trinajstić information content (AvgIpc) is 3.28. The first-order chi connectivity index (χ1) is 13.3. The highest BCUT2D eigenvalue weighted by atomic mass is 16.2. The van der Waals surface area contributed by atoms with E-state index in [4.69, 9.17) is 5.10 Å². The summed E-state index contributed by atoms with van der Waals surface area (Å²) in [4.78, 5) is 17.3. The number of nitrogens with one attached hydrogen (secondary N) is 1. The summed E-state index contributed by atoms with van der Waals surface area (Å²) in [6, 6.07) is 10.3. The lowest BCUT2D eigenvalue weighted by Crippen LogP contribution is -2.29. The number of hydrogen-bond acceptors (Lipinski definition) is 4. The molecule has 0 unspecified atom stereocenters. The maximum atomic E-state index is 12.9. The van der Waals surface area contributed by atoms with Crippen molar-refractivity contribution < 1.29 is 0 Å². The van der Waals surface area contributed by atoms with Crippen molar-refractivity contribution in [2.24, 2.45) is 0 Å².